The van der Waals surface area contributed by atoms with Crippen LogP contribution in [-0.4, -0.2) is 34.4 Å². The summed E-state index contributed by atoms with van der Waals surface area (Å²) in [6.45, 7) is 2.76. The zero-order chi connectivity index (χ0) is 16.2. The number of nitrogens with one attached hydrogen (secondary N) is 1. The number of H-pyrrole nitrogens is 1. The Bertz CT molecular complexity index is 808. The number of aryl methyl sites for hydroxylation is 1. The first-order valence-electron chi connectivity index (χ1n) is 7.83. The number of likely N-dealkylation sites (N-methyl/N-ethyl adjacent to an activating group) is 1. The second kappa shape index (κ2) is 6.65. The number of carbonyl (C=O) groups is 1. The summed E-state index contributed by atoms with van der Waals surface area (Å²) in [5, 5.41) is 1.16. The van der Waals surface area contributed by atoms with Crippen LogP contribution in [0.1, 0.15) is 16.8 Å². The lowest BCUT2D eigenvalue weighted by Gasteiger charge is -2.17. The van der Waals surface area contributed by atoms with Gasteiger partial charge in [0.25, 0.3) is 0 Å². The Morgan fingerprint density at radius 1 is 1.13 bits per heavy atom. The first-order chi connectivity index (χ1) is 11.1. The van der Waals surface area contributed by atoms with E-state index in [-0.39, 0.29) is 5.91 Å². The van der Waals surface area contributed by atoms with Crippen molar-refractivity contribution in [3.8, 4) is 0 Å². The van der Waals surface area contributed by atoms with E-state index in [0.717, 1.165) is 28.6 Å². The predicted molar refractivity (Wildman–Crippen MR) is 92.3 cm³/mol. The molecule has 0 aliphatic rings. The van der Waals surface area contributed by atoms with E-state index in [2.05, 4.69) is 22.1 Å². The fourth-order valence-electron chi connectivity index (χ4n) is 2.72. The van der Waals surface area contributed by atoms with Crippen LogP contribution in [0.3, 0.4) is 0 Å². The zero-order valence-electron chi connectivity index (χ0n) is 13.5. The van der Waals surface area contributed by atoms with Crippen LogP contribution in [0, 0.1) is 6.92 Å². The molecule has 3 aromatic rings. The summed E-state index contributed by atoms with van der Waals surface area (Å²) in [7, 11) is 1.86. The summed E-state index contributed by atoms with van der Waals surface area (Å²) < 4.78 is 0. The Hall–Kier alpha value is -2.62. The van der Waals surface area contributed by atoms with Crippen LogP contribution in [0.4, 0.5) is 0 Å². The number of pyridine rings is 1. The fraction of sp³-hybridized carbons (Fsp3) is 0.263. The minimum atomic E-state index is 0.144. The first kappa shape index (κ1) is 15.3. The third-order valence-electron chi connectivity index (χ3n) is 4.09. The molecule has 0 saturated heterocycles. The van der Waals surface area contributed by atoms with Crippen LogP contribution in [0.2, 0.25) is 0 Å². The predicted octanol–water partition coefficient (Wildman–Crippen LogP) is 3.11. The van der Waals surface area contributed by atoms with Gasteiger partial charge in [-0.3, -0.25) is 9.78 Å². The highest BCUT2D eigenvalue weighted by atomic mass is 16.2. The minimum Gasteiger partial charge on any atom is -0.359 e. The highest BCUT2D eigenvalue weighted by molar-refractivity contribution is 5.84. The number of carbonyl (C=O) groups excluding carboxylic acids is 1. The zero-order valence-corrected chi connectivity index (χ0v) is 13.5. The van der Waals surface area contributed by atoms with Crippen molar-refractivity contribution in [2.24, 2.45) is 0 Å². The highest BCUT2D eigenvalue weighted by Crippen LogP contribution is 2.17. The van der Waals surface area contributed by atoms with Gasteiger partial charge in [0.2, 0.25) is 5.91 Å². The summed E-state index contributed by atoms with van der Waals surface area (Å²) in [5.74, 6) is 0.144. The van der Waals surface area contributed by atoms with E-state index in [0.29, 0.717) is 13.0 Å². The van der Waals surface area contributed by atoms with Crippen LogP contribution in [-0.2, 0) is 17.6 Å². The van der Waals surface area contributed by atoms with Crippen molar-refractivity contribution in [2.45, 2.75) is 19.8 Å². The van der Waals surface area contributed by atoms with Gasteiger partial charge in [0, 0.05) is 37.2 Å². The number of rotatable bonds is 5. The Morgan fingerprint density at radius 3 is 2.70 bits per heavy atom. The highest BCUT2D eigenvalue weighted by Gasteiger charge is 2.10. The van der Waals surface area contributed by atoms with E-state index >= 15 is 0 Å². The molecule has 0 radical (unpaired) electrons. The van der Waals surface area contributed by atoms with Crippen LogP contribution < -0.4 is 0 Å². The van der Waals surface area contributed by atoms with E-state index in [9.17, 15) is 4.79 Å². The SMILES string of the molecule is Cc1cc2cc(CC(=O)N(C)CCc3ccncc3)ccc2[nH]1. The number of aromatic amines is 1. The maximum Gasteiger partial charge on any atom is 0.226 e. The van der Waals surface area contributed by atoms with Crippen LogP contribution in [0.5, 0.6) is 0 Å². The maximum absolute atomic E-state index is 12.4. The van der Waals surface area contributed by atoms with Gasteiger partial charge in [0.1, 0.15) is 0 Å². The molecule has 23 heavy (non-hydrogen) atoms. The maximum atomic E-state index is 12.4. The molecule has 4 heteroatoms. The molecule has 0 fully saturated rings. The lowest BCUT2D eigenvalue weighted by atomic mass is 10.1. The molecule has 3 rings (SSSR count). The van der Waals surface area contributed by atoms with Crippen molar-refractivity contribution < 1.29 is 4.79 Å². The third-order valence-corrected chi connectivity index (χ3v) is 4.09. The van der Waals surface area contributed by atoms with Crippen molar-refractivity contribution in [1.82, 2.24) is 14.9 Å². The lowest BCUT2D eigenvalue weighted by Crippen LogP contribution is -2.30. The molecule has 118 valence electrons. The van der Waals surface area contributed by atoms with Crippen molar-refractivity contribution in [3.05, 3.63) is 65.6 Å². The summed E-state index contributed by atoms with van der Waals surface area (Å²) in [6, 6.07) is 12.2. The van der Waals surface area contributed by atoms with E-state index in [1.807, 2.05) is 38.2 Å². The van der Waals surface area contributed by atoms with E-state index in [4.69, 9.17) is 0 Å². The molecule has 2 aromatic heterocycles. The van der Waals surface area contributed by atoms with Gasteiger partial charge in [0.05, 0.1) is 6.42 Å². The van der Waals surface area contributed by atoms with Gasteiger partial charge in [-0.2, -0.15) is 0 Å². The quantitative estimate of drug-likeness (QED) is 0.787. The molecule has 4 nitrogen and oxygen atoms in total. The Kier molecular flexibility index (Phi) is 4.42. The molecule has 0 spiro atoms. The van der Waals surface area contributed by atoms with E-state index in [1.165, 1.54) is 5.56 Å². The minimum absolute atomic E-state index is 0.144. The second-order valence-corrected chi connectivity index (χ2v) is 5.97. The first-order valence-corrected chi connectivity index (χ1v) is 7.83. The standard InChI is InChI=1S/C19H21N3O/c1-14-11-17-12-16(3-4-18(17)21-14)13-19(23)22(2)10-7-15-5-8-20-9-6-15/h3-6,8-9,11-12,21H,7,10,13H2,1-2H3. The lowest BCUT2D eigenvalue weighted by molar-refractivity contribution is -0.129. The molecular weight excluding hydrogens is 286 g/mol. The number of hydrogen-bond acceptors (Lipinski definition) is 2. The molecule has 0 saturated carbocycles. The molecule has 0 unspecified atom stereocenters. The Balaban J connectivity index is 1.60. The van der Waals surface area contributed by atoms with Crippen LogP contribution in [0.15, 0.2) is 48.8 Å². The summed E-state index contributed by atoms with van der Waals surface area (Å²) in [6.07, 6.45) is 4.85. The summed E-state index contributed by atoms with van der Waals surface area (Å²) in [5.41, 5.74) is 4.50. The molecule has 0 bridgehead atoms. The van der Waals surface area contributed by atoms with Crippen LogP contribution >= 0.6 is 0 Å². The van der Waals surface area contributed by atoms with Gasteiger partial charge in [0.15, 0.2) is 0 Å². The number of aromatic nitrogens is 2. The molecule has 1 amide bonds. The largest absolute Gasteiger partial charge is 0.359 e. The molecule has 0 atom stereocenters. The van der Waals surface area contributed by atoms with Gasteiger partial charge in [-0.1, -0.05) is 6.07 Å². The molecule has 0 aliphatic heterocycles. The van der Waals surface area contributed by atoms with Gasteiger partial charge >= 0.3 is 0 Å². The average Bonchev–Trinajstić information content (AvgIpc) is 2.92. The normalized spacial score (nSPS) is 10.9. The summed E-state index contributed by atoms with van der Waals surface area (Å²) in [4.78, 5) is 21.5. The Labute approximate surface area is 136 Å². The third kappa shape index (κ3) is 3.77. The Morgan fingerprint density at radius 2 is 1.91 bits per heavy atom. The number of hydrogen-bond donors (Lipinski definition) is 1. The number of amides is 1. The van der Waals surface area contributed by atoms with Crippen molar-refractivity contribution in [2.75, 3.05) is 13.6 Å². The number of benzene rings is 1. The van der Waals surface area contributed by atoms with Gasteiger partial charge in [-0.05, 0) is 60.2 Å². The summed E-state index contributed by atoms with van der Waals surface area (Å²) >= 11 is 0. The van der Waals surface area contributed by atoms with Crippen LogP contribution in [0.25, 0.3) is 10.9 Å². The monoisotopic (exact) mass is 307 g/mol. The molecule has 0 aliphatic carbocycles. The van der Waals surface area contributed by atoms with Crippen molar-refractivity contribution in [1.29, 1.82) is 0 Å². The van der Waals surface area contributed by atoms with Crippen molar-refractivity contribution in [3.63, 3.8) is 0 Å². The average molecular weight is 307 g/mol. The second-order valence-electron chi connectivity index (χ2n) is 5.97. The van der Waals surface area contributed by atoms with E-state index < -0.39 is 0 Å². The molecule has 1 N–H and O–H groups in total. The van der Waals surface area contributed by atoms with Gasteiger partial charge < -0.3 is 9.88 Å². The van der Waals surface area contributed by atoms with Crippen molar-refractivity contribution >= 4 is 16.8 Å². The van der Waals surface area contributed by atoms with Gasteiger partial charge in [-0.15, -0.1) is 0 Å². The smallest absolute Gasteiger partial charge is 0.226 e. The molecular formula is C19H21N3O. The fourth-order valence-corrected chi connectivity index (χ4v) is 2.72. The topological polar surface area (TPSA) is 49.0 Å². The molecule has 2 heterocycles. The molecule has 1 aromatic carbocycles. The van der Waals surface area contributed by atoms with E-state index in [1.54, 1.807) is 17.3 Å². The van der Waals surface area contributed by atoms with Gasteiger partial charge in [-0.25, -0.2) is 0 Å². The number of nitrogens with zero attached hydrogens (tertiary/aromatic N) is 2. The number of fused-ring (bicyclic) bond motifs is 1.